The molecule has 0 saturated carbocycles. The van der Waals surface area contributed by atoms with E-state index in [1.807, 2.05) is 43.0 Å². The molecule has 0 aliphatic carbocycles. The van der Waals surface area contributed by atoms with Gasteiger partial charge in [0.2, 0.25) is 0 Å². The van der Waals surface area contributed by atoms with Gasteiger partial charge in [0, 0.05) is 24.3 Å². The summed E-state index contributed by atoms with van der Waals surface area (Å²) in [6.45, 7) is 4.85. The summed E-state index contributed by atoms with van der Waals surface area (Å²) < 4.78 is 28.2. The summed E-state index contributed by atoms with van der Waals surface area (Å²) in [4.78, 5) is 1.95. The normalized spacial score (nSPS) is 10.7. The molecule has 0 aromatic heterocycles. The van der Waals surface area contributed by atoms with E-state index in [-0.39, 0.29) is 16.6 Å². The Morgan fingerprint density at radius 2 is 1.90 bits per heavy atom. The topological polar surface area (TPSA) is 3.24 Å². The molecule has 0 aliphatic rings. The number of anilines is 1. The van der Waals surface area contributed by atoms with Gasteiger partial charge in [-0.05, 0) is 59.6 Å². The van der Waals surface area contributed by atoms with E-state index >= 15 is 0 Å². The molecule has 0 N–H and O–H groups in total. The van der Waals surface area contributed by atoms with Crippen LogP contribution < -0.4 is 4.90 Å². The quantitative estimate of drug-likeness (QED) is 0.703. The minimum Gasteiger partial charge on any atom is -0.367 e. The molecule has 0 saturated heterocycles. The van der Waals surface area contributed by atoms with Crippen LogP contribution in [0.2, 0.25) is 0 Å². The Bertz CT molecular complexity index is 613. The highest BCUT2D eigenvalue weighted by Gasteiger charge is 2.15. The molecule has 0 fully saturated rings. The molecular formula is C16H16BrF2N. The summed E-state index contributed by atoms with van der Waals surface area (Å²) in [6, 6.07) is 10.6. The summed E-state index contributed by atoms with van der Waals surface area (Å²) in [5.74, 6) is -1.05. The van der Waals surface area contributed by atoms with Crippen LogP contribution in [0.1, 0.15) is 18.1 Å². The number of hydrogen-bond acceptors (Lipinski definition) is 1. The second-order valence-electron chi connectivity index (χ2n) is 4.67. The van der Waals surface area contributed by atoms with Gasteiger partial charge in [-0.1, -0.05) is 12.1 Å². The summed E-state index contributed by atoms with van der Waals surface area (Å²) in [7, 11) is 0. The van der Waals surface area contributed by atoms with Crippen molar-refractivity contribution in [3.63, 3.8) is 0 Å². The highest BCUT2D eigenvalue weighted by molar-refractivity contribution is 9.10. The Labute approximate surface area is 126 Å². The lowest BCUT2D eigenvalue weighted by molar-refractivity contribution is 0.547. The average molecular weight is 340 g/mol. The van der Waals surface area contributed by atoms with Crippen molar-refractivity contribution in [3.05, 3.63) is 63.6 Å². The monoisotopic (exact) mass is 339 g/mol. The molecule has 106 valence electrons. The molecule has 0 spiro atoms. The van der Waals surface area contributed by atoms with E-state index < -0.39 is 11.6 Å². The zero-order valence-electron chi connectivity index (χ0n) is 11.5. The number of halogens is 3. The molecule has 0 heterocycles. The van der Waals surface area contributed by atoms with Crippen LogP contribution in [0.25, 0.3) is 0 Å². The van der Waals surface area contributed by atoms with Crippen molar-refractivity contribution in [2.75, 3.05) is 11.4 Å². The van der Waals surface area contributed by atoms with Crippen LogP contribution in [-0.2, 0) is 6.54 Å². The van der Waals surface area contributed by atoms with Crippen LogP contribution in [0.4, 0.5) is 14.5 Å². The number of rotatable bonds is 4. The van der Waals surface area contributed by atoms with Crippen molar-refractivity contribution in [2.45, 2.75) is 20.4 Å². The van der Waals surface area contributed by atoms with Gasteiger partial charge in [-0.25, -0.2) is 8.78 Å². The second-order valence-corrected chi connectivity index (χ2v) is 5.53. The van der Waals surface area contributed by atoms with Gasteiger partial charge in [0.05, 0.1) is 4.47 Å². The first-order valence-corrected chi connectivity index (χ1v) is 7.26. The maximum absolute atomic E-state index is 14.0. The minimum atomic E-state index is -0.531. The maximum Gasteiger partial charge on any atom is 0.145 e. The molecule has 1 nitrogen and oxygen atoms in total. The first-order valence-electron chi connectivity index (χ1n) is 6.47. The van der Waals surface area contributed by atoms with Crippen molar-refractivity contribution in [2.24, 2.45) is 0 Å². The highest BCUT2D eigenvalue weighted by Crippen LogP contribution is 2.25. The molecule has 0 unspecified atom stereocenters. The Morgan fingerprint density at radius 3 is 2.55 bits per heavy atom. The smallest absolute Gasteiger partial charge is 0.145 e. The maximum atomic E-state index is 14.0. The van der Waals surface area contributed by atoms with Crippen LogP contribution in [0.3, 0.4) is 0 Å². The van der Waals surface area contributed by atoms with Gasteiger partial charge in [-0.2, -0.15) is 0 Å². The molecule has 2 rings (SSSR count). The molecule has 20 heavy (non-hydrogen) atoms. The third kappa shape index (κ3) is 3.18. The van der Waals surface area contributed by atoms with Gasteiger partial charge in [0.1, 0.15) is 11.6 Å². The lowest BCUT2D eigenvalue weighted by atomic mass is 10.1. The van der Waals surface area contributed by atoms with Gasteiger partial charge in [-0.15, -0.1) is 0 Å². The molecular weight excluding hydrogens is 324 g/mol. The van der Waals surface area contributed by atoms with Crippen molar-refractivity contribution in [3.8, 4) is 0 Å². The molecule has 2 aromatic carbocycles. The van der Waals surface area contributed by atoms with Crippen LogP contribution >= 0.6 is 15.9 Å². The van der Waals surface area contributed by atoms with E-state index in [0.717, 1.165) is 11.3 Å². The zero-order valence-corrected chi connectivity index (χ0v) is 13.0. The summed E-state index contributed by atoms with van der Waals surface area (Å²) in [6.07, 6.45) is 0. The first-order chi connectivity index (χ1) is 9.52. The Morgan fingerprint density at radius 1 is 1.15 bits per heavy atom. The Hall–Kier alpha value is -1.42. The van der Waals surface area contributed by atoms with Gasteiger partial charge < -0.3 is 4.90 Å². The van der Waals surface area contributed by atoms with Gasteiger partial charge in [-0.3, -0.25) is 0 Å². The fraction of sp³-hybridized carbons (Fsp3) is 0.250. The van der Waals surface area contributed by atoms with Crippen molar-refractivity contribution in [1.29, 1.82) is 0 Å². The fourth-order valence-corrected chi connectivity index (χ4v) is 2.49. The Kier molecular flexibility index (Phi) is 4.76. The predicted molar refractivity (Wildman–Crippen MR) is 82.0 cm³/mol. The molecule has 0 bridgehead atoms. The largest absolute Gasteiger partial charge is 0.367 e. The zero-order chi connectivity index (χ0) is 14.7. The third-order valence-corrected chi connectivity index (χ3v) is 3.85. The molecule has 0 aliphatic heterocycles. The van der Waals surface area contributed by atoms with Crippen LogP contribution in [-0.4, -0.2) is 6.54 Å². The van der Waals surface area contributed by atoms with Crippen molar-refractivity contribution in [1.82, 2.24) is 0 Å². The highest BCUT2D eigenvalue weighted by atomic mass is 79.9. The fourth-order valence-electron chi connectivity index (χ4n) is 2.12. The summed E-state index contributed by atoms with van der Waals surface area (Å²) >= 11 is 3.10. The molecule has 0 amide bonds. The molecule has 0 radical (unpaired) electrons. The molecule has 2 aromatic rings. The number of benzene rings is 2. The standard InChI is InChI=1S/C16H16BrF2N/c1-3-20(12-6-4-5-11(2)9-12)10-13-15(18)8-7-14(17)16(13)19/h4-9H,3,10H2,1-2H3. The summed E-state index contributed by atoms with van der Waals surface area (Å²) in [5.41, 5.74) is 2.17. The minimum absolute atomic E-state index is 0.0859. The lowest BCUT2D eigenvalue weighted by Gasteiger charge is -2.24. The van der Waals surface area contributed by atoms with Crippen LogP contribution in [0.5, 0.6) is 0 Å². The second kappa shape index (κ2) is 6.35. The predicted octanol–water partition coefficient (Wildman–Crippen LogP) is 5.06. The average Bonchev–Trinajstić information content (AvgIpc) is 2.43. The summed E-state index contributed by atoms with van der Waals surface area (Å²) in [5, 5.41) is 0. The van der Waals surface area contributed by atoms with E-state index in [1.165, 1.54) is 12.1 Å². The van der Waals surface area contributed by atoms with Crippen molar-refractivity contribution >= 4 is 21.6 Å². The first kappa shape index (κ1) is 15.0. The Balaban J connectivity index is 2.34. The van der Waals surface area contributed by atoms with Crippen LogP contribution in [0.15, 0.2) is 40.9 Å². The van der Waals surface area contributed by atoms with E-state index in [1.54, 1.807) is 0 Å². The van der Waals surface area contributed by atoms with E-state index in [4.69, 9.17) is 0 Å². The van der Waals surface area contributed by atoms with Gasteiger partial charge >= 0.3 is 0 Å². The van der Waals surface area contributed by atoms with Crippen LogP contribution in [0, 0.1) is 18.6 Å². The SMILES string of the molecule is CCN(Cc1c(F)ccc(Br)c1F)c1cccc(C)c1. The van der Waals surface area contributed by atoms with Crippen molar-refractivity contribution < 1.29 is 8.78 Å². The molecule has 4 heteroatoms. The number of hydrogen-bond donors (Lipinski definition) is 0. The number of aryl methyl sites for hydroxylation is 1. The lowest BCUT2D eigenvalue weighted by Crippen LogP contribution is -2.23. The van der Waals surface area contributed by atoms with Gasteiger partial charge in [0.15, 0.2) is 0 Å². The molecule has 0 atom stereocenters. The van der Waals surface area contributed by atoms with Gasteiger partial charge in [0.25, 0.3) is 0 Å². The van der Waals surface area contributed by atoms with E-state index in [9.17, 15) is 8.78 Å². The third-order valence-electron chi connectivity index (χ3n) is 3.24. The van der Waals surface area contributed by atoms with E-state index in [2.05, 4.69) is 15.9 Å². The van der Waals surface area contributed by atoms with E-state index in [0.29, 0.717) is 6.54 Å². The number of nitrogens with zero attached hydrogens (tertiary/aromatic N) is 1.